The Morgan fingerprint density at radius 2 is 2.09 bits per heavy atom. The van der Waals surface area contributed by atoms with Gasteiger partial charge >= 0.3 is 0 Å². The average molecular weight is 320 g/mol. The van der Waals surface area contributed by atoms with Gasteiger partial charge in [0.2, 0.25) is 5.91 Å². The largest absolute Gasteiger partial charge is 0.351 e. The van der Waals surface area contributed by atoms with Gasteiger partial charge in [-0.05, 0) is 25.8 Å². The van der Waals surface area contributed by atoms with Gasteiger partial charge in [-0.2, -0.15) is 5.10 Å². The predicted octanol–water partition coefficient (Wildman–Crippen LogP) is 1.69. The van der Waals surface area contributed by atoms with Gasteiger partial charge in [-0.15, -0.1) is 11.3 Å². The minimum atomic E-state index is -0.116. The van der Waals surface area contributed by atoms with E-state index in [-0.39, 0.29) is 11.8 Å². The van der Waals surface area contributed by atoms with Crippen molar-refractivity contribution < 1.29 is 9.59 Å². The highest BCUT2D eigenvalue weighted by Gasteiger charge is 2.18. The molecular weight excluding hydrogens is 300 g/mol. The number of hydrogen-bond donors (Lipinski definition) is 1. The van der Waals surface area contributed by atoms with Gasteiger partial charge in [0, 0.05) is 38.5 Å². The van der Waals surface area contributed by atoms with Crippen LogP contribution in [0.1, 0.15) is 34.6 Å². The van der Waals surface area contributed by atoms with E-state index in [1.54, 1.807) is 4.68 Å². The Morgan fingerprint density at radius 3 is 2.77 bits per heavy atom. The van der Waals surface area contributed by atoms with Crippen LogP contribution < -0.4 is 5.32 Å². The van der Waals surface area contributed by atoms with Crippen LogP contribution in [0.2, 0.25) is 0 Å². The number of carbonyl (C=O) groups excluding carboxylic acids is 2. The summed E-state index contributed by atoms with van der Waals surface area (Å²) in [6, 6.07) is 1.87. The molecule has 6 nitrogen and oxygen atoms in total. The second-order valence-electron chi connectivity index (χ2n) is 5.63. The maximum absolute atomic E-state index is 12.2. The number of carbonyl (C=O) groups is 2. The molecule has 1 aliphatic heterocycles. The smallest absolute Gasteiger partial charge is 0.261 e. The summed E-state index contributed by atoms with van der Waals surface area (Å²) in [6.45, 7) is 4.04. The topological polar surface area (TPSA) is 67.2 Å². The van der Waals surface area contributed by atoms with Crippen LogP contribution in [0.3, 0.4) is 0 Å². The standard InChI is InChI=1S/C15H20N4O2S/c1-10-11-9-12(22-15(11)18(2)17-10)14(21)16-6-5-13(20)19-7-3-4-8-19/h9H,3-8H2,1-2H3,(H,16,21). The molecule has 1 saturated heterocycles. The summed E-state index contributed by atoms with van der Waals surface area (Å²) < 4.78 is 1.79. The Kier molecular flexibility index (Phi) is 4.15. The average Bonchev–Trinajstić information content (AvgIpc) is 3.19. The van der Waals surface area contributed by atoms with E-state index in [4.69, 9.17) is 0 Å². The molecule has 7 heteroatoms. The maximum atomic E-state index is 12.2. The van der Waals surface area contributed by atoms with Gasteiger partial charge < -0.3 is 10.2 Å². The van der Waals surface area contributed by atoms with Crippen LogP contribution in [0.4, 0.5) is 0 Å². The van der Waals surface area contributed by atoms with E-state index >= 15 is 0 Å². The van der Waals surface area contributed by atoms with Crippen molar-refractivity contribution in [2.45, 2.75) is 26.2 Å². The quantitative estimate of drug-likeness (QED) is 0.932. The van der Waals surface area contributed by atoms with Gasteiger partial charge in [-0.25, -0.2) is 0 Å². The third kappa shape index (κ3) is 2.85. The second kappa shape index (κ2) is 6.08. The van der Waals surface area contributed by atoms with Crippen molar-refractivity contribution >= 4 is 33.4 Å². The molecule has 118 valence electrons. The van der Waals surface area contributed by atoms with Crippen molar-refractivity contribution in [1.82, 2.24) is 20.0 Å². The molecule has 2 aromatic rings. The van der Waals surface area contributed by atoms with Gasteiger partial charge in [0.15, 0.2) is 0 Å². The first-order valence-corrected chi connectivity index (χ1v) is 8.37. The number of nitrogens with zero attached hydrogens (tertiary/aromatic N) is 3. The minimum absolute atomic E-state index is 0.116. The number of nitrogens with one attached hydrogen (secondary N) is 1. The summed E-state index contributed by atoms with van der Waals surface area (Å²) in [5.74, 6) is 0.0176. The van der Waals surface area contributed by atoms with E-state index in [2.05, 4.69) is 10.4 Å². The lowest BCUT2D eigenvalue weighted by molar-refractivity contribution is -0.129. The number of thiophene rings is 1. The first kappa shape index (κ1) is 15.0. The summed E-state index contributed by atoms with van der Waals surface area (Å²) in [6.07, 6.45) is 2.55. The summed E-state index contributed by atoms with van der Waals surface area (Å²) in [4.78, 5) is 27.6. The zero-order valence-electron chi connectivity index (χ0n) is 12.9. The van der Waals surface area contributed by atoms with Crippen LogP contribution in [0, 0.1) is 6.92 Å². The van der Waals surface area contributed by atoms with Crippen molar-refractivity contribution in [1.29, 1.82) is 0 Å². The molecule has 1 aliphatic rings. The molecule has 0 radical (unpaired) electrons. The number of likely N-dealkylation sites (tertiary alicyclic amines) is 1. The van der Waals surface area contributed by atoms with Gasteiger partial charge in [-0.1, -0.05) is 0 Å². The molecule has 0 bridgehead atoms. The van der Waals surface area contributed by atoms with Gasteiger partial charge in [0.1, 0.15) is 4.83 Å². The van der Waals surface area contributed by atoms with E-state index in [1.165, 1.54) is 11.3 Å². The van der Waals surface area contributed by atoms with Gasteiger partial charge in [-0.3, -0.25) is 14.3 Å². The number of fused-ring (bicyclic) bond motifs is 1. The highest BCUT2D eigenvalue weighted by atomic mass is 32.1. The fourth-order valence-electron chi connectivity index (χ4n) is 2.81. The SMILES string of the molecule is Cc1nn(C)c2sc(C(=O)NCCC(=O)N3CCCC3)cc12. The highest BCUT2D eigenvalue weighted by Crippen LogP contribution is 2.27. The first-order valence-electron chi connectivity index (χ1n) is 7.55. The third-order valence-corrected chi connectivity index (χ3v) is 5.20. The van der Waals surface area contributed by atoms with Crippen LogP contribution in [-0.4, -0.2) is 46.1 Å². The molecule has 22 heavy (non-hydrogen) atoms. The Morgan fingerprint density at radius 1 is 1.36 bits per heavy atom. The molecule has 1 N–H and O–H groups in total. The van der Waals surface area contributed by atoms with E-state index in [1.807, 2.05) is 24.9 Å². The summed E-state index contributed by atoms with van der Waals surface area (Å²) >= 11 is 1.43. The van der Waals surface area contributed by atoms with Gasteiger partial charge in [0.25, 0.3) is 5.91 Å². The van der Waals surface area contributed by atoms with Crippen molar-refractivity contribution in [2.75, 3.05) is 19.6 Å². The van der Waals surface area contributed by atoms with Crippen molar-refractivity contribution in [3.05, 3.63) is 16.6 Å². The second-order valence-corrected chi connectivity index (χ2v) is 6.66. The van der Waals surface area contributed by atoms with Crippen LogP contribution >= 0.6 is 11.3 Å². The normalized spacial score (nSPS) is 14.7. The fourth-order valence-corrected chi connectivity index (χ4v) is 3.85. The van der Waals surface area contributed by atoms with E-state index in [0.717, 1.165) is 41.8 Å². The van der Waals surface area contributed by atoms with Crippen LogP contribution in [-0.2, 0) is 11.8 Å². The highest BCUT2D eigenvalue weighted by molar-refractivity contribution is 7.20. The van der Waals surface area contributed by atoms with E-state index < -0.39 is 0 Å². The van der Waals surface area contributed by atoms with Crippen LogP contribution in [0.25, 0.3) is 10.2 Å². The van der Waals surface area contributed by atoms with E-state index in [9.17, 15) is 9.59 Å². The molecule has 0 spiro atoms. The molecule has 3 rings (SSSR count). The number of rotatable bonds is 4. The molecule has 0 atom stereocenters. The third-order valence-electron chi connectivity index (χ3n) is 4.00. The van der Waals surface area contributed by atoms with Crippen LogP contribution in [0.5, 0.6) is 0 Å². The minimum Gasteiger partial charge on any atom is -0.351 e. The summed E-state index contributed by atoms with van der Waals surface area (Å²) in [5, 5.41) is 8.18. The van der Waals surface area contributed by atoms with Crippen molar-refractivity contribution in [3.8, 4) is 0 Å². The molecule has 1 fully saturated rings. The molecule has 0 saturated carbocycles. The summed E-state index contributed by atoms with van der Waals surface area (Å²) in [7, 11) is 1.88. The fraction of sp³-hybridized carbons (Fsp3) is 0.533. The Bertz CT molecular complexity index is 678. The van der Waals surface area contributed by atoms with Gasteiger partial charge in [0.05, 0.1) is 10.6 Å². The van der Waals surface area contributed by atoms with Crippen molar-refractivity contribution in [2.24, 2.45) is 7.05 Å². The molecule has 0 aromatic carbocycles. The molecule has 2 aromatic heterocycles. The lowest BCUT2D eigenvalue weighted by Gasteiger charge is -2.14. The number of aromatic nitrogens is 2. The number of aryl methyl sites for hydroxylation is 2. The zero-order valence-corrected chi connectivity index (χ0v) is 13.7. The Hall–Kier alpha value is -1.89. The van der Waals surface area contributed by atoms with Crippen LogP contribution in [0.15, 0.2) is 6.07 Å². The zero-order chi connectivity index (χ0) is 15.7. The molecule has 2 amide bonds. The monoisotopic (exact) mass is 320 g/mol. The number of hydrogen-bond acceptors (Lipinski definition) is 4. The molecule has 0 aliphatic carbocycles. The summed E-state index contributed by atoms with van der Waals surface area (Å²) in [5.41, 5.74) is 0.928. The van der Waals surface area contributed by atoms with E-state index in [0.29, 0.717) is 17.8 Å². The van der Waals surface area contributed by atoms with Crippen molar-refractivity contribution in [3.63, 3.8) is 0 Å². The Balaban J connectivity index is 1.56. The lowest BCUT2D eigenvalue weighted by Crippen LogP contribution is -2.32. The number of amides is 2. The Labute approximate surface area is 133 Å². The lowest BCUT2D eigenvalue weighted by atomic mass is 10.3. The first-order chi connectivity index (χ1) is 10.6. The predicted molar refractivity (Wildman–Crippen MR) is 86.1 cm³/mol. The molecular formula is C15H20N4O2S. The molecule has 0 unspecified atom stereocenters. The molecule has 3 heterocycles. The maximum Gasteiger partial charge on any atom is 0.261 e.